The maximum Gasteiger partial charge on any atom is 0.354 e. The molecule has 1 aromatic carbocycles. The van der Waals surface area contributed by atoms with Gasteiger partial charge in [0.25, 0.3) is 0 Å². The number of benzene rings is 1. The van der Waals surface area contributed by atoms with E-state index in [1.807, 2.05) is 32.0 Å². The number of para-hydroxylation sites is 1. The van der Waals surface area contributed by atoms with Crippen LogP contribution in [0.1, 0.15) is 24.3 Å². The zero-order valence-corrected chi connectivity index (χ0v) is 10.8. The van der Waals surface area contributed by atoms with Gasteiger partial charge in [0.15, 0.2) is 5.69 Å². The first-order valence-electron chi connectivity index (χ1n) is 5.95. The maximum absolute atomic E-state index is 11.1. The number of aliphatic hydroxyl groups is 1. The van der Waals surface area contributed by atoms with Crippen molar-refractivity contribution in [1.29, 1.82) is 0 Å². The number of fused-ring (bicyclic) bond motifs is 1. The highest BCUT2D eigenvalue weighted by Crippen LogP contribution is 2.25. The first-order chi connectivity index (χ1) is 8.93. The van der Waals surface area contributed by atoms with Crippen LogP contribution in [0.4, 0.5) is 5.69 Å². The Bertz CT molecular complexity index is 623. The normalized spacial score (nSPS) is 11.5. The fourth-order valence-corrected chi connectivity index (χ4v) is 1.79. The molecule has 0 amide bonds. The molecule has 19 heavy (non-hydrogen) atoms. The molecule has 5 heteroatoms. The van der Waals surface area contributed by atoms with E-state index in [-0.39, 0.29) is 12.3 Å². The number of nitrogens with zero attached hydrogens (tertiary/aromatic N) is 1. The fraction of sp³-hybridized carbons (Fsp3) is 0.286. The summed E-state index contributed by atoms with van der Waals surface area (Å²) in [5.74, 6) is -1.07. The van der Waals surface area contributed by atoms with Crippen molar-refractivity contribution in [2.75, 3.05) is 11.9 Å². The van der Waals surface area contributed by atoms with Crippen molar-refractivity contribution >= 4 is 22.6 Å². The summed E-state index contributed by atoms with van der Waals surface area (Å²) in [6.07, 6.45) is 0. The summed E-state index contributed by atoms with van der Waals surface area (Å²) in [6, 6.07) is 8.79. The van der Waals surface area contributed by atoms with E-state index in [0.29, 0.717) is 11.2 Å². The van der Waals surface area contributed by atoms with Crippen molar-refractivity contribution < 1.29 is 15.0 Å². The lowest BCUT2D eigenvalue weighted by atomic mass is 10.0. The average molecular weight is 260 g/mol. The number of rotatable bonds is 4. The molecule has 0 bridgehead atoms. The van der Waals surface area contributed by atoms with Crippen LogP contribution in [-0.2, 0) is 0 Å². The van der Waals surface area contributed by atoms with Gasteiger partial charge in [0.1, 0.15) is 0 Å². The van der Waals surface area contributed by atoms with Crippen LogP contribution in [0.3, 0.4) is 0 Å². The molecule has 2 aromatic rings. The minimum absolute atomic E-state index is 0.0186. The smallest absolute Gasteiger partial charge is 0.354 e. The summed E-state index contributed by atoms with van der Waals surface area (Å²) in [7, 11) is 0. The highest BCUT2D eigenvalue weighted by molar-refractivity contribution is 5.97. The number of aromatic carboxylic acids is 1. The number of hydrogen-bond acceptors (Lipinski definition) is 4. The molecule has 1 aromatic heterocycles. The summed E-state index contributed by atoms with van der Waals surface area (Å²) >= 11 is 0. The van der Waals surface area contributed by atoms with Gasteiger partial charge in [0.2, 0.25) is 0 Å². The fourth-order valence-electron chi connectivity index (χ4n) is 1.79. The average Bonchev–Trinajstić information content (AvgIpc) is 2.38. The molecule has 0 spiro atoms. The minimum Gasteiger partial charge on any atom is -0.477 e. The predicted octanol–water partition coefficient (Wildman–Crippen LogP) is 2.12. The van der Waals surface area contributed by atoms with Crippen LogP contribution in [0.25, 0.3) is 10.9 Å². The lowest BCUT2D eigenvalue weighted by molar-refractivity contribution is 0.0691. The van der Waals surface area contributed by atoms with E-state index in [4.69, 9.17) is 5.11 Å². The van der Waals surface area contributed by atoms with Gasteiger partial charge >= 0.3 is 5.97 Å². The Hall–Kier alpha value is -2.14. The Kier molecular flexibility index (Phi) is 3.40. The summed E-state index contributed by atoms with van der Waals surface area (Å²) in [6.45, 7) is 3.61. The quantitative estimate of drug-likeness (QED) is 0.784. The standard InChI is InChI=1S/C14H16N2O3/c1-14(2,8-17)16-11-7-12(13(18)19)15-10-6-4-3-5-9(10)11/h3-7,17H,8H2,1-2H3,(H,15,16)(H,18,19). The highest BCUT2D eigenvalue weighted by Gasteiger charge is 2.19. The minimum atomic E-state index is -1.07. The Balaban J connectivity index is 2.60. The van der Waals surface area contributed by atoms with Gasteiger partial charge in [-0.25, -0.2) is 9.78 Å². The number of carboxylic acid groups (broad SMARTS) is 1. The largest absolute Gasteiger partial charge is 0.477 e. The Morgan fingerprint density at radius 3 is 2.68 bits per heavy atom. The van der Waals surface area contributed by atoms with E-state index in [1.54, 1.807) is 6.07 Å². The molecule has 0 saturated heterocycles. The van der Waals surface area contributed by atoms with Gasteiger partial charge in [-0.1, -0.05) is 18.2 Å². The molecule has 0 aliphatic rings. The van der Waals surface area contributed by atoms with Gasteiger partial charge in [0.05, 0.1) is 17.7 Å². The summed E-state index contributed by atoms with van der Waals surface area (Å²) in [5, 5.41) is 22.4. The third-order valence-electron chi connectivity index (χ3n) is 2.80. The molecule has 0 unspecified atom stereocenters. The van der Waals surface area contributed by atoms with Crippen molar-refractivity contribution in [2.45, 2.75) is 19.4 Å². The van der Waals surface area contributed by atoms with Crippen LogP contribution in [0, 0.1) is 0 Å². The number of carbonyl (C=O) groups is 1. The Morgan fingerprint density at radius 1 is 1.37 bits per heavy atom. The zero-order chi connectivity index (χ0) is 14.0. The molecule has 3 N–H and O–H groups in total. The molecular formula is C14H16N2O3. The number of aromatic nitrogens is 1. The Labute approximate surface area is 110 Å². The zero-order valence-electron chi connectivity index (χ0n) is 10.8. The van der Waals surface area contributed by atoms with E-state index in [0.717, 1.165) is 5.39 Å². The molecule has 0 saturated carbocycles. The van der Waals surface area contributed by atoms with Crippen LogP contribution in [0.2, 0.25) is 0 Å². The predicted molar refractivity (Wildman–Crippen MR) is 73.5 cm³/mol. The van der Waals surface area contributed by atoms with Gasteiger partial charge in [-0.2, -0.15) is 0 Å². The molecule has 2 rings (SSSR count). The third kappa shape index (κ3) is 2.82. The molecular weight excluding hydrogens is 244 g/mol. The molecule has 0 radical (unpaired) electrons. The second-order valence-electron chi connectivity index (χ2n) is 5.04. The number of hydrogen-bond donors (Lipinski definition) is 3. The summed E-state index contributed by atoms with van der Waals surface area (Å²) in [5.41, 5.74) is 0.704. The van der Waals surface area contributed by atoms with Crippen LogP contribution >= 0.6 is 0 Å². The molecule has 5 nitrogen and oxygen atoms in total. The SMILES string of the molecule is CC(C)(CO)Nc1cc(C(=O)O)nc2ccccc12. The van der Waals surface area contributed by atoms with Crippen molar-refractivity contribution in [3.05, 3.63) is 36.0 Å². The topological polar surface area (TPSA) is 82.5 Å². The molecule has 0 atom stereocenters. The van der Waals surface area contributed by atoms with Crippen molar-refractivity contribution in [3.8, 4) is 0 Å². The van der Waals surface area contributed by atoms with E-state index in [2.05, 4.69) is 10.3 Å². The molecule has 0 fully saturated rings. The summed E-state index contributed by atoms with van der Waals surface area (Å²) < 4.78 is 0. The highest BCUT2D eigenvalue weighted by atomic mass is 16.4. The van der Waals surface area contributed by atoms with Crippen LogP contribution in [0.15, 0.2) is 30.3 Å². The van der Waals surface area contributed by atoms with E-state index >= 15 is 0 Å². The monoisotopic (exact) mass is 260 g/mol. The molecule has 0 aliphatic heterocycles. The molecule has 100 valence electrons. The van der Waals surface area contributed by atoms with E-state index in [1.165, 1.54) is 6.07 Å². The first kappa shape index (κ1) is 13.3. The first-order valence-corrected chi connectivity index (χ1v) is 5.95. The van der Waals surface area contributed by atoms with Gasteiger partial charge in [-0.05, 0) is 26.0 Å². The number of carboxylic acids is 1. The van der Waals surface area contributed by atoms with Gasteiger partial charge in [-0.15, -0.1) is 0 Å². The van der Waals surface area contributed by atoms with Gasteiger partial charge in [-0.3, -0.25) is 0 Å². The second-order valence-corrected chi connectivity index (χ2v) is 5.04. The number of pyridine rings is 1. The van der Waals surface area contributed by atoms with Crippen LogP contribution in [0.5, 0.6) is 0 Å². The van der Waals surface area contributed by atoms with Crippen molar-refractivity contribution in [1.82, 2.24) is 4.98 Å². The summed E-state index contributed by atoms with van der Waals surface area (Å²) in [4.78, 5) is 15.2. The second kappa shape index (κ2) is 4.85. The lowest BCUT2D eigenvalue weighted by Crippen LogP contribution is -2.35. The van der Waals surface area contributed by atoms with Gasteiger partial charge in [0, 0.05) is 11.1 Å². The number of anilines is 1. The van der Waals surface area contributed by atoms with Crippen molar-refractivity contribution in [3.63, 3.8) is 0 Å². The van der Waals surface area contributed by atoms with E-state index in [9.17, 15) is 9.90 Å². The van der Waals surface area contributed by atoms with Crippen LogP contribution < -0.4 is 5.32 Å². The number of aliphatic hydroxyl groups excluding tert-OH is 1. The number of nitrogens with one attached hydrogen (secondary N) is 1. The molecule has 0 aliphatic carbocycles. The van der Waals surface area contributed by atoms with Gasteiger partial charge < -0.3 is 15.5 Å². The van der Waals surface area contributed by atoms with E-state index < -0.39 is 11.5 Å². The van der Waals surface area contributed by atoms with Crippen molar-refractivity contribution in [2.24, 2.45) is 0 Å². The molecule has 1 heterocycles. The maximum atomic E-state index is 11.1. The lowest BCUT2D eigenvalue weighted by Gasteiger charge is -2.26. The third-order valence-corrected chi connectivity index (χ3v) is 2.80. The Morgan fingerprint density at radius 2 is 2.05 bits per heavy atom. The van der Waals surface area contributed by atoms with Crippen LogP contribution in [-0.4, -0.2) is 33.3 Å².